The average Bonchev–Trinajstić information content (AvgIpc) is 2.48. The normalized spacial score (nSPS) is 12.2. The van der Waals surface area contributed by atoms with Crippen molar-refractivity contribution in [3.63, 3.8) is 0 Å². The molecule has 2 rings (SSSR count). The molecular weight excluding hydrogens is 346 g/mol. The molecule has 0 radical (unpaired) electrons. The van der Waals surface area contributed by atoms with E-state index in [-0.39, 0.29) is 6.04 Å². The van der Waals surface area contributed by atoms with Crippen molar-refractivity contribution in [2.24, 2.45) is 0 Å². The van der Waals surface area contributed by atoms with Gasteiger partial charge < -0.3 is 5.32 Å². The SMILES string of the molecule is CCCCc1ccc(C(C)Nc2ccc(Cl)cc2Br)cc1. The first-order valence-electron chi connectivity index (χ1n) is 7.40. The standard InChI is InChI=1S/C18H21BrClN/c1-3-4-5-14-6-8-15(9-7-14)13(2)21-18-11-10-16(20)12-17(18)19/h6-13,21H,3-5H2,1-2H3. The van der Waals surface area contributed by atoms with Gasteiger partial charge in [0.1, 0.15) is 0 Å². The Labute approximate surface area is 140 Å². The van der Waals surface area contributed by atoms with E-state index < -0.39 is 0 Å². The summed E-state index contributed by atoms with van der Waals surface area (Å²) in [5.41, 5.74) is 3.76. The molecule has 0 aliphatic rings. The third kappa shape index (κ3) is 4.76. The summed E-state index contributed by atoms with van der Waals surface area (Å²) >= 11 is 9.51. The first kappa shape index (κ1) is 16.4. The second-order valence-corrected chi connectivity index (χ2v) is 6.63. The van der Waals surface area contributed by atoms with Crippen molar-refractivity contribution in [2.75, 3.05) is 5.32 Å². The molecule has 0 spiro atoms. The van der Waals surface area contributed by atoms with Crippen molar-refractivity contribution in [1.29, 1.82) is 0 Å². The first-order chi connectivity index (χ1) is 10.1. The van der Waals surface area contributed by atoms with Gasteiger partial charge in [-0.15, -0.1) is 0 Å². The van der Waals surface area contributed by atoms with Gasteiger partial charge in [0, 0.05) is 21.2 Å². The number of unbranched alkanes of at least 4 members (excludes halogenated alkanes) is 1. The van der Waals surface area contributed by atoms with Crippen LogP contribution in [0.3, 0.4) is 0 Å². The lowest BCUT2D eigenvalue weighted by atomic mass is 10.0. The highest BCUT2D eigenvalue weighted by Gasteiger charge is 2.08. The summed E-state index contributed by atoms with van der Waals surface area (Å²) in [5, 5.41) is 4.25. The Morgan fingerprint density at radius 2 is 1.86 bits per heavy atom. The predicted octanol–water partition coefficient (Wildman–Crippen LogP) is 6.62. The summed E-state index contributed by atoms with van der Waals surface area (Å²) in [7, 11) is 0. The molecule has 1 nitrogen and oxygen atoms in total. The van der Waals surface area contributed by atoms with Crippen LogP contribution in [0.1, 0.15) is 43.9 Å². The lowest BCUT2D eigenvalue weighted by Crippen LogP contribution is -2.07. The first-order valence-corrected chi connectivity index (χ1v) is 8.57. The molecule has 0 bridgehead atoms. The molecule has 0 saturated heterocycles. The Morgan fingerprint density at radius 1 is 1.14 bits per heavy atom. The molecular formula is C18H21BrClN. The smallest absolute Gasteiger partial charge is 0.0490 e. The van der Waals surface area contributed by atoms with Gasteiger partial charge in [0.15, 0.2) is 0 Å². The van der Waals surface area contributed by atoms with Crippen molar-refractivity contribution in [1.82, 2.24) is 0 Å². The van der Waals surface area contributed by atoms with Crippen molar-refractivity contribution in [2.45, 2.75) is 39.2 Å². The van der Waals surface area contributed by atoms with E-state index in [1.165, 1.54) is 30.4 Å². The maximum Gasteiger partial charge on any atom is 0.0490 e. The van der Waals surface area contributed by atoms with Crippen molar-refractivity contribution < 1.29 is 0 Å². The van der Waals surface area contributed by atoms with Gasteiger partial charge in [-0.1, -0.05) is 49.2 Å². The van der Waals surface area contributed by atoms with Crippen molar-refractivity contribution in [3.05, 3.63) is 63.1 Å². The van der Waals surface area contributed by atoms with Crippen LogP contribution in [-0.4, -0.2) is 0 Å². The molecule has 3 heteroatoms. The van der Waals surface area contributed by atoms with Gasteiger partial charge in [0.25, 0.3) is 0 Å². The minimum Gasteiger partial charge on any atom is -0.378 e. The Hall–Kier alpha value is -0.990. The number of benzene rings is 2. The molecule has 0 saturated carbocycles. The van der Waals surface area contributed by atoms with Crippen molar-refractivity contribution >= 4 is 33.2 Å². The lowest BCUT2D eigenvalue weighted by molar-refractivity contribution is 0.793. The molecule has 0 amide bonds. The number of rotatable bonds is 6. The van der Waals surface area contributed by atoms with Crippen LogP contribution in [0.4, 0.5) is 5.69 Å². The number of hydrogen-bond donors (Lipinski definition) is 1. The van der Waals surface area contributed by atoms with Gasteiger partial charge in [0.05, 0.1) is 0 Å². The number of nitrogens with one attached hydrogen (secondary N) is 1. The minimum absolute atomic E-state index is 0.253. The molecule has 112 valence electrons. The quantitative estimate of drug-likeness (QED) is 0.606. The molecule has 0 aliphatic carbocycles. The second-order valence-electron chi connectivity index (χ2n) is 5.34. The molecule has 2 aromatic carbocycles. The molecule has 0 aromatic heterocycles. The fraction of sp³-hybridized carbons (Fsp3) is 0.333. The lowest BCUT2D eigenvalue weighted by Gasteiger charge is -2.17. The van der Waals surface area contributed by atoms with Gasteiger partial charge in [-0.2, -0.15) is 0 Å². The minimum atomic E-state index is 0.253. The van der Waals surface area contributed by atoms with Gasteiger partial charge >= 0.3 is 0 Å². The van der Waals surface area contributed by atoms with Crippen LogP contribution in [0.5, 0.6) is 0 Å². The third-order valence-electron chi connectivity index (χ3n) is 3.60. The Morgan fingerprint density at radius 3 is 2.48 bits per heavy atom. The molecule has 1 atom stereocenters. The number of aryl methyl sites for hydroxylation is 1. The van der Waals surface area contributed by atoms with Gasteiger partial charge in [0.2, 0.25) is 0 Å². The van der Waals surface area contributed by atoms with E-state index in [2.05, 4.69) is 59.4 Å². The van der Waals surface area contributed by atoms with Crippen LogP contribution in [0.25, 0.3) is 0 Å². The number of anilines is 1. The monoisotopic (exact) mass is 365 g/mol. The van der Waals surface area contributed by atoms with Crippen LogP contribution < -0.4 is 5.32 Å². The summed E-state index contributed by atoms with van der Waals surface area (Å²) in [6.45, 7) is 4.40. The van der Waals surface area contributed by atoms with E-state index in [0.717, 1.165) is 15.2 Å². The van der Waals surface area contributed by atoms with Crippen LogP contribution in [-0.2, 0) is 6.42 Å². The number of hydrogen-bond acceptors (Lipinski definition) is 1. The van der Waals surface area contributed by atoms with Gasteiger partial charge in [-0.05, 0) is 65.0 Å². The molecule has 1 N–H and O–H groups in total. The van der Waals surface area contributed by atoms with Crippen LogP contribution >= 0.6 is 27.5 Å². The molecule has 0 aliphatic heterocycles. The molecule has 2 aromatic rings. The zero-order valence-electron chi connectivity index (χ0n) is 12.5. The fourth-order valence-corrected chi connectivity index (χ4v) is 3.07. The summed E-state index contributed by atoms with van der Waals surface area (Å²) in [5.74, 6) is 0. The predicted molar refractivity (Wildman–Crippen MR) is 96.2 cm³/mol. The van der Waals surface area contributed by atoms with Crippen LogP contribution in [0.15, 0.2) is 46.9 Å². The Bertz CT molecular complexity index is 580. The third-order valence-corrected chi connectivity index (χ3v) is 4.49. The maximum atomic E-state index is 5.97. The fourth-order valence-electron chi connectivity index (χ4n) is 2.28. The highest BCUT2D eigenvalue weighted by atomic mass is 79.9. The topological polar surface area (TPSA) is 12.0 Å². The molecule has 1 unspecified atom stereocenters. The zero-order valence-corrected chi connectivity index (χ0v) is 14.8. The Balaban J connectivity index is 2.04. The highest BCUT2D eigenvalue weighted by Crippen LogP contribution is 2.29. The second kappa shape index (κ2) is 7.86. The van der Waals surface area contributed by atoms with Crippen LogP contribution in [0.2, 0.25) is 5.02 Å². The number of halogens is 2. The average molecular weight is 367 g/mol. The molecule has 0 fully saturated rings. The summed E-state index contributed by atoms with van der Waals surface area (Å²) in [4.78, 5) is 0. The van der Waals surface area contributed by atoms with Crippen molar-refractivity contribution in [3.8, 4) is 0 Å². The summed E-state index contributed by atoms with van der Waals surface area (Å²) in [6.07, 6.45) is 3.66. The van der Waals surface area contributed by atoms with E-state index in [4.69, 9.17) is 11.6 Å². The zero-order chi connectivity index (χ0) is 15.2. The van der Waals surface area contributed by atoms with Crippen LogP contribution in [0, 0.1) is 0 Å². The Kier molecular flexibility index (Phi) is 6.13. The van der Waals surface area contributed by atoms with Gasteiger partial charge in [-0.3, -0.25) is 0 Å². The van der Waals surface area contributed by atoms with E-state index in [1.54, 1.807) is 0 Å². The largest absolute Gasteiger partial charge is 0.378 e. The molecule has 0 heterocycles. The van der Waals surface area contributed by atoms with E-state index in [9.17, 15) is 0 Å². The van der Waals surface area contributed by atoms with E-state index in [1.807, 2.05) is 18.2 Å². The van der Waals surface area contributed by atoms with Gasteiger partial charge in [-0.25, -0.2) is 0 Å². The summed E-state index contributed by atoms with van der Waals surface area (Å²) < 4.78 is 0.987. The van der Waals surface area contributed by atoms with E-state index >= 15 is 0 Å². The maximum absolute atomic E-state index is 5.97. The summed E-state index contributed by atoms with van der Waals surface area (Å²) in [6, 6.07) is 15.0. The highest BCUT2D eigenvalue weighted by molar-refractivity contribution is 9.10. The molecule has 21 heavy (non-hydrogen) atoms. The van der Waals surface area contributed by atoms with E-state index in [0.29, 0.717) is 0 Å².